The second kappa shape index (κ2) is 10.7. The van der Waals surface area contributed by atoms with E-state index in [-0.39, 0.29) is 5.91 Å². The van der Waals surface area contributed by atoms with Gasteiger partial charge < -0.3 is 14.8 Å². The molecular formula is C23H27N3O3S. The summed E-state index contributed by atoms with van der Waals surface area (Å²) in [7, 11) is 0. The Morgan fingerprint density at radius 2 is 1.83 bits per heavy atom. The fourth-order valence-corrected chi connectivity index (χ4v) is 3.79. The lowest BCUT2D eigenvalue weighted by Gasteiger charge is -2.11. The summed E-state index contributed by atoms with van der Waals surface area (Å²) in [4.78, 5) is 16.6. The number of rotatable bonds is 10. The van der Waals surface area contributed by atoms with E-state index in [2.05, 4.69) is 42.3 Å². The van der Waals surface area contributed by atoms with E-state index in [9.17, 15) is 4.79 Å². The number of thioether (sulfide) groups is 1. The Kier molecular flexibility index (Phi) is 7.79. The van der Waals surface area contributed by atoms with Crippen molar-refractivity contribution in [1.82, 2.24) is 14.9 Å². The zero-order valence-electron chi connectivity index (χ0n) is 17.6. The van der Waals surface area contributed by atoms with Crippen LogP contribution >= 0.6 is 11.8 Å². The lowest BCUT2D eigenvalue weighted by molar-refractivity contribution is -0.118. The van der Waals surface area contributed by atoms with Crippen LogP contribution in [0.1, 0.15) is 18.1 Å². The first kappa shape index (κ1) is 21.8. The summed E-state index contributed by atoms with van der Waals surface area (Å²) >= 11 is 1.42. The number of aryl methyl sites for hydroxylation is 2. The number of hydrogen-bond acceptors (Lipinski definition) is 5. The van der Waals surface area contributed by atoms with E-state index < -0.39 is 0 Å². The first-order chi connectivity index (χ1) is 14.6. The normalized spacial score (nSPS) is 10.6. The highest BCUT2D eigenvalue weighted by molar-refractivity contribution is 7.99. The number of ether oxygens (including phenoxy) is 2. The van der Waals surface area contributed by atoms with Crippen molar-refractivity contribution in [2.75, 3.05) is 25.5 Å². The van der Waals surface area contributed by atoms with Crippen molar-refractivity contribution in [3.05, 3.63) is 66.0 Å². The van der Waals surface area contributed by atoms with Crippen LogP contribution in [-0.2, 0) is 4.79 Å². The van der Waals surface area contributed by atoms with E-state index in [1.807, 2.05) is 42.0 Å². The molecule has 1 aromatic heterocycles. The molecule has 0 aliphatic heterocycles. The van der Waals surface area contributed by atoms with Crippen LogP contribution in [0.5, 0.6) is 11.5 Å². The molecule has 1 amide bonds. The third-order valence-corrected chi connectivity index (χ3v) is 5.35. The van der Waals surface area contributed by atoms with Crippen molar-refractivity contribution in [1.29, 1.82) is 0 Å². The van der Waals surface area contributed by atoms with Gasteiger partial charge in [0.05, 0.1) is 24.6 Å². The van der Waals surface area contributed by atoms with Crippen LogP contribution in [0.25, 0.3) is 5.69 Å². The van der Waals surface area contributed by atoms with Crippen molar-refractivity contribution < 1.29 is 14.3 Å². The molecule has 0 bridgehead atoms. The van der Waals surface area contributed by atoms with Gasteiger partial charge in [0.2, 0.25) is 5.91 Å². The van der Waals surface area contributed by atoms with Crippen molar-refractivity contribution in [2.24, 2.45) is 0 Å². The number of carbonyl (C=O) groups is 1. The molecule has 1 N–H and O–H groups in total. The van der Waals surface area contributed by atoms with E-state index in [4.69, 9.17) is 9.47 Å². The topological polar surface area (TPSA) is 65.4 Å². The highest BCUT2D eigenvalue weighted by Gasteiger charge is 2.10. The average molecular weight is 426 g/mol. The predicted molar refractivity (Wildman–Crippen MR) is 120 cm³/mol. The maximum absolute atomic E-state index is 12.2. The average Bonchev–Trinajstić information content (AvgIpc) is 3.19. The Morgan fingerprint density at radius 3 is 2.53 bits per heavy atom. The number of imidazole rings is 1. The van der Waals surface area contributed by atoms with Crippen molar-refractivity contribution in [2.45, 2.75) is 25.9 Å². The molecule has 6 nitrogen and oxygen atoms in total. The number of aromatic nitrogens is 2. The smallest absolute Gasteiger partial charge is 0.230 e. The molecule has 3 rings (SSSR count). The number of benzene rings is 2. The number of amides is 1. The second-order valence-corrected chi connectivity index (χ2v) is 7.70. The molecular weight excluding hydrogens is 398 g/mol. The summed E-state index contributed by atoms with van der Waals surface area (Å²) in [6.45, 7) is 7.58. The molecule has 0 saturated carbocycles. The van der Waals surface area contributed by atoms with Crippen molar-refractivity contribution >= 4 is 17.7 Å². The molecule has 1 heterocycles. The van der Waals surface area contributed by atoms with E-state index in [1.54, 1.807) is 6.20 Å². The fraction of sp³-hybridized carbons (Fsp3) is 0.304. The Balaban J connectivity index is 1.43. The standard InChI is InChI=1S/C23H27N3O3S/c1-4-28-19-6-8-20(9-7-19)29-14-12-24-22(27)16-30-23-25-11-13-26(23)21-10-5-17(2)15-18(21)3/h5-11,13,15H,4,12,14,16H2,1-3H3,(H,24,27). The third kappa shape index (κ3) is 6.03. The van der Waals surface area contributed by atoms with Gasteiger partial charge in [0.15, 0.2) is 5.16 Å². The van der Waals surface area contributed by atoms with Gasteiger partial charge in [0.25, 0.3) is 0 Å². The summed E-state index contributed by atoms with van der Waals surface area (Å²) in [6.07, 6.45) is 3.67. The largest absolute Gasteiger partial charge is 0.494 e. The van der Waals surface area contributed by atoms with Gasteiger partial charge in [0.1, 0.15) is 18.1 Å². The van der Waals surface area contributed by atoms with Gasteiger partial charge in [-0.05, 0) is 56.7 Å². The number of carbonyl (C=O) groups excluding carboxylic acids is 1. The predicted octanol–water partition coefficient (Wildman–Crippen LogP) is 4.18. The number of hydrogen-bond donors (Lipinski definition) is 1. The zero-order valence-corrected chi connectivity index (χ0v) is 18.4. The summed E-state index contributed by atoms with van der Waals surface area (Å²) in [5, 5.41) is 3.67. The summed E-state index contributed by atoms with van der Waals surface area (Å²) in [6, 6.07) is 13.7. The molecule has 158 valence electrons. The van der Waals surface area contributed by atoms with Gasteiger partial charge in [-0.15, -0.1) is 0 Å². The molecule has 7 heteroatoms. The van der Waals surface area contributed by atoms with Gasteiger partial charge in [-0.2, -0.15) is 0 Å². The van der Waals surface area contributed by atoms with Crippen LogP contribution in [0, 0.1) is 13.8 Å². The lowest BCUT2D eigenvalue weighted by atomic mass is 10.1. The van der Waals surface area contributed by atoms with Crippen molar-refractivity contribution in [3.8, 4) is 17.2 Å². The summed E-state index contributed by atoms with van der Waals surface area (Å²) in [5.41, 5.74) is 3.47. The molecule has 0 spiro atoms. The third-order valence-electron chi connectivity index (χ3n) is 4.38. The molecule has 0 saturated heterocycles. The molecule has 30 heavy (non-hydrogen) atoms. The van der Waals surface area contributed by atoms with Gasteiger partial charge in [-0.3, -0.25) is 9.36 Å². The van der Waals surface area contributed by atoms with Crippen LogP contribution in [0.3, 0.4) is 0 Å². The first-order valence-corrected chi connectivity index (χ1v) is 10.9. The number of nitrogens with one attached hydrogen (secondary N) is 1. The first-order valence-electron chi connectivity index (χ1n) is 9.93. The van der Waals surface area contributed by atoms with Gasteiger partial charge in [0, 0.05) is 12.4 Å². The van der Waals surface area contributed by atoms with Gasteiger partial charge in [-0.1, -0.05) is 29.5 Å². The van der Waals surface area contributed by atoms with E-state index in [0.29, 0.717) is 25.5 Å². The minimum absolute atomic E-state index is 0.0505. The van der Waals surface area contributed by atoms with E-state index in [0.717, 1.165) is 22.3 Å². The SMILES string of the molecule is CCOc1ccc(OCCNC(=O)CSc2nccn2-c2ccc(C)cc2C)cc1. The van der Waals surface area contributed by atoms with E-state index in [1.165, 1.54) is 22.9 Å². The maximum Gasteiger partial charge on any atom is 0.230 e. The van der Waals surface area contributed by atoms with Crippen LogP contribution in [0.4, 0.5) is 0 Å². The van der Waals surface area contributed by atoms with Crippen LogP contribution in [0.2, 0.25) is 0 Å². The van der Waals surface area contributed by atoms with Gasteiger partial charge in [-0.25, -0.2) is 4.98 Å². The lowest BCUT2D eigenvalue weighted by Crippen LogP contribution is -2.29. The molecule has 0 atom stereocenters. The molecule has 0 radical (unpaired) electrons. The Bertz CT molecular complexity index is 970. The molecule has 0 unspecified atom stereocenters. The fourth-order valence-electron chi connectivity index (χ4n) is 2.99. The Hall–Kier alpha value is -2.93. The Labute approximate surface area is 181 Å². The Morgan fingerprint density at radius 1 is 1.10 bits per heavy atom. The quantitative estimate of drug-likeness (QED) is 0.390. The highest BCUT2D eigenvalue weighted by Crippen LogP contribution is 2.23. The monoisotopic (exact) mass is 425 g/mol. The minimum Gasteiger partial charge on any atom is -0.494 e. The summed E-state index contributed by atoms with van der Waals surface area (Å²) in [5.74, 6) is 1.81. The number of nitrogens with zero attached hydrogens (tertiary/aromatic N) is 2. The molecule has 0 fully saturated rings. The maximum atomic E-state index is 12.2. The molecule has 0 aliphatic carbocycles. The van der Waals surface area contributed by atoms with Gasteiger partial charge >= 0.3 is 0 Å². The second-order valence-electron chi connectivity index (χ2n) is 6.76. The molecule has 0 aliphatic rings. The molecule has 2 aromatic carbocycles. The highest BCUT2D eigenvalue weighted by atomic mass is 32.2. The molecule has 3 aromatic rings. The minimum atomic E-state index is -0.0505. The van der Waals surface area contributed by atoms with Crippen LogP contribution < -0.4 is 14.8 Å². The van der Waals surface area contributed by atoms with E-state index >= 15 is 0 Å². The van der Waals surface area contributed by atoms with Crippen LogP contribution in [0.15, 0.2) is 60.0 Å². The van der Waals surface area contributed by atoms with Crippen molar-refractivity contribution in [3.63, 3.8) is 0 Å². The summed E-state index contributed by atoms with van der Waals surface area (Å²) < 4.78 is 13.1. The zero-order chi connectivity index (χ0) is 21.3. The van der Waals surface area contributed by atoms with Crippen LogP contribution in [-0.4, -0.2) is 41.0 Å².